The molecule has 0 aliphatic carbocycles. The summed E-state index contributed by atoms with van der Waals surface area (Å²) < 4.78 is 38.2. The Labute approximate surface area is 131 Å². The number of carboxylic acids is 1. The van der Waals surface area contributed by atoms with Gasteiger partial charge in [0, 0.05) is 24.2 Å². The maximum absolute atomic E-state index is 12.4. The summed E-state index contributed by atoms with van der Waals surface area (Å²) in [5.74, 6) is -1.21. The summed E-state index contributed by atoms with van der Waals surface area (Å²) in [5, 5.41) is 14.9. The van der Waals surface area contributed by atoms with E-state index in [1.165, 1.54) is 6.92 Å². The van der Waals surface area contributed by atoms with Gasteiger partial charge in [-0.2, -0.15) is 18.3 Å². The second kappa shape index (κ2) is 7.98. The van der Waals surface area contributed by atoms with Crippen molar-refractivity contribution >= 4 is 11.9 Å². The van der Waals surface area contributed by atoms with Gasteiger partial charge in [-0.25, -0.2) is 0 Å². The SMILES string of the molecule is Cc1nn(CC(F)(F)F)c(C)c1CC(=O)NCCCCC(=O)O. The second-order valence-electron chi connectivity index (χ2n) is 5.30. The first-order chi connectivity index (χ1) is 10.6. The Kier molecular flexibility index (Phi) is 6.59. The van der Waals surface area contributed by atoms with Crippen LogP contribution in [0.2, 0.25) is 0 Å². The van der Waals surface area contributed by atoms with E-state index in [4.69, 9.17) is 5.11 Å². The van der Waals surface area contributed by atoms with E-state index in [0.717, 1.165) is 4.68 Å². The lowest BCUT2D eigenvalue weighted by molar-refractivity contribution is -0.143. The highest BCUT2D eigenvalue weighted by molar-refractivity contribution is 5.79. The van der Waals surface area contributed by atoms with E-state index in [1.54, 1.807) is 6.92 Å². The molecule has 0 radical (unpaired) electrons. The number of unbranched alkanes of at least 4 members (excludes halogenated alkanes) is 1. The van der Waals surface area contributed by atoms with Crippen molar-refractivity contribution in [2.75, 3.05) is 6.54 Å². The highest BCUT2D eigenvalue weighted by Crippen LogP contribution is 2.21. The Hall–Kier alpha value is -2.06. The number of alkyl halides is 3. The molecular weight excluding hydrogens is 315 g/mol. The first kappa shape index (κ1) is 19.0. The van der Waals surface area contributed by atoms with Crippen LogP contribution in [0.15, 0.2) is 0 Å². The number of nitrogens with zero attached hydrogens (tertiary/aromatic N) is 2. The summed E-state index contributed by atoms with van der Waals surface area (Å²) >= 11 is 0. The highest BCUT2D eigenvalue weighted by Gasteiger charge is 2.30. The minimum Gasteiger partial charge on any atom is -0.481 e. The Morgan fingerprint density at radius 1 is 1.26 bits per heavy atom. The number of aryl methyl sites for hydroxylation is 1. The van der Waals surface area contributed by atoms with Gasteiger partial charge in [-0.15, -0.1) is 0 Å². The van der Waals surface area contributed by atoms with Gasteiger partial charge in [0.1, 0.15) is 6.54 Å². The summed E-state index contributed by atoms with van der Waals surface area (Å²) in [5.41, 5.74) is 1.20. The number of rotatable bonds is 8. The molecule has 1 aromatic rings. The number of halogens is 3. The van der Waals surface area contributed by atoms with Crippen molar-refractivity contribution in [2.45, 2.75) is 52.3 Å². The van der Waals surface area contributed by atoms with E-state index in [9.17, 15) is 22.8 Å². The minimum atomic E-state index is -4.37. The fraction of sp³-hybridized carbons (Fsp3) is 0.643. The van der Waals surface area contributed by atoms with Crippen LogP contribution in [-0.2, 0) is 22.6 Å². The molecule has 1 rings (SSSR count). The van der Waals surface area contributed by atoms with Crippen LogP contribution in [0, 0.1) is 13.8 Å². The molecule has 0 saturated carbocycles. The Bertz CT molecular complexity index is 568. The number of hydrogen-bond acceptors (Lipinski definition) is 3. The Balaban J connectivity index is 2.53. The Morgan fingerprint density at radius 2 is 1.91 bits per heavy atom. The van der Waals surface area contributed by atoms with E-state index in [1.807, 2.05) is 0 Å². The van der Waals surface area contributed by atoms with Crippen molar-refractivity contribution in [3.8, 4) is 0 Å². The third-order valence-corrected chi connectivity index (χ3v) is 3.34. The maximum atomic E-state index is 12.4. The smallest absolute Gasteiger partial charge is 0.408 e. The van der Waals surface area contributed by atoms with Crippen LogP contribution in [0.4, 0.5) is 13.2 Å². The highest BCUT2D eigenvalue weighted by atomic mass is 19.4. The van der Waals surface area contributed by atoms with Crippen molar-refractivity contribution in [1.29, 1.82) is 0 Å². The molecular formula is C14H20F3N3O3. The molecule has 23 heavy (non-hydrogen) atoms. The largest absolute Gasteiger partial charge is 0.481 e. The zero-order valence-electron chi connectivity index (χ0n) is 13.0. The standard InChI is InChI=1S/C14H20F3N3O3/c1-9-11(10(2)20(19-9)8-14(15,16)17)7-12(21)18-6-4-3-5-13(22)23/h3-8H2,1-2H3,(H,18,21)(H,22,23). The number of nitrogens with one attached hydrogen (secondary N) is 1. The summed E-state index contributed by atoms with van der Waals surface area (Å²) in [6.07, 6.45) is -3.39. The molecule has 0 fully saturated rings. The molecule has 6 nitrogen and oxygen atoms in total. The van der Waals surface area contributed by atoms with Crippen LogP contribution in [0.25, 0.3) is 0 Å². The predicted molar refractivity (Wildman–Crippen MR) is 76.0 cm³/mol. The van der Waals surface area contributed by atoms with Gasteiger partial charge in [-0.05, 0) is 26.7 Å². The fourth-order valence-electron chi connectivity index (χ4n) is 2.17. The van der Waals surface area contributed by atoms with Gasteiger partial charge < -0.3 is 10.4 Å². The van der Waals surface area contributed by atoms with E-state index < -0.39 is 18.7 Å². The molecule has 1 amide bonds. The average Bonchev–Trinajstić information content (AvgIpc) is 2.63. The molecule has 0 atom stereocenters. The van der Waals surface area contributed by atoms with E-state index in [0.29, 0.717) is 36.3 Å². The van der Waals surface area contributed by atoms with Crippen molar-refractivity contribution in [1.82, 2.24) is 15.1 Å². The molecule has 2 N–H and O–H groups in total. The van der Waals surface area contributed by atoms with Crippen LogP contribution in [-0.4, -0.2) is 39.5 Å². The van der Waals surface area contributed by atoms with Gasteiger partial charge in [-0.3, -0.25) is 14.3 Å². The molecule has 0 spiro atoms. The first-order valence-electron chi connectivity index (χ1n) is 7.18. The topological polar surface area (TPSA) is 84.2 Å². The van der Waals surface area contributed by atoms with Crippen LogP contribution < -0.4 is 5.32 Å². The van der Waals surface area contributed by atoms with Crippen molar-refractivity contribution in [2.24, 2.45) is 0 Å². The molecule has 0 aliphatic heterocycles. The lowest BCUT2D eigenvalue weighted by Gasteiger charge is -2.09. The zero-order chi connectivity index (χ0) is 17.6. The molecule has 0 aliphatic rings. The summed E-state index contributed by atoms with van der Waals surface area (Å²) in [6, 6.07) is 0. The quantitative estimate of drug-likeness (QED) is 0.712. The van der Waals surface area contributed by atoms with Crippen molar-refractivity contribution in [3.63, 3.8) is 0 Å². The molecule has 130 valence electrons. The van der Waals surface area contributed by atoms with Crippen LogP contribution in [0.3, 0.4) is 0 Å². The number of carbonyl (C=O) groups excluding carboxylic acids is 1. The predicted octanol–water partition coefficient (Wildman–Crippen LogP) is 1.98. The first-order valence-corrected chi connectivity index (χ1v) is 7.18. The molecule has 9 heteroatoms. The van der Waals surface area contributed by atoms with Gasteiger partial charge in [0.25, 0.3) is 0 Å². The lowest BCUT2D eigenvalue weighted by atomic mass is 10.1. The lowest BCUT2D eigenvalue weighted by Crippen LogP contribution is -2.26. The van der Waals surface area contributed by atoms with Gasteiger partial charge in [0.2, 0.25) is 5.91 Å². The number of amides is 1. The Morgan fingerprint density at radius 3 is 2.48 bits per heavy atom. The van der Waals surface area contributed by atoms with Gasteiger partial charge in [-0.1, -0.05) is 0 Å². The van der Waals surface area contributed by atoms with Crippen LogP contribution in [0.5, 0.6) is 0 Å². The number of hydrogen-bond donors (Lipinski definition) is 2. The molecule has 0 unspecified atom stereocenters. The average molecular weight is 335 g/mol. The summed E-state index contributed by atoms with van der Waals surface area (Å²) in [4.78, 5) is 22.2. The fourth-order valence-corrected chi connectivity index (χ4v) is 2.17. The molecule has 0 saturated heterocycles. The minimum absolute atomic E-state index is 0.0400. The van der Waals surface area contributed by atoms with E-state index in [2.05, 4.69) is 10.4 Å². The van der Waals surface area contributed by atoms with Crippen LogP contribution in [0.1, 0.15) is 36.2 Å². The normalized spacial score (nSPS) is 11.5. The van der Waals surface area contributed by atoms with Crippen molar-refractivity contribution in [3.05, 3.63) is 17.0 Å². The maximum Gasteiger partial charge on any atom is 0.408 e. The third kappa shape index (κ3) is 6.70. The molecule has 1 heterocycles. The second-order valence-corrected chi connectivity index (χ2v) is 5.30. The molecule has 0 bridgehead atoms. The zero-order valence-corrected chi connectivity index (χ0v) is 13.0. The van der Waals surface area contributed by atoms with Gasteiger partial charge in [0.15, 0.2) is 0 Å². The number of aliphatic carboxylic acids is 1. The van der Waals surface area contributed by atoms with Crippen LogP contribution >= 0.6 is 0 Å². The molecule has 0 aromatic carbocycles. The van der Waals surface area contributed by atoms with Gasteiger partial charge >= 0.3 is 12.1 Å². The third-order valence-electron chi connectivity index (χ3n) is 3.34. The number of carbonyl (C=O) groups is 2. The summed E-state index contributed by atoms with van der Waals surface area (Å²) in [7, 11) is 0. The number of carboxylic acid groups (broad SMARTS) is 1. The van der Waals surface area contributed by atoms with Crippen molar-refractivity contribution < 1.29 is 27.9 Å². The van der Waals surface area contributed by atoms with E-state index >= 15 is 0 Å². The van der Waals surface area contributed by atoms with E-state index in [-0.39, 0.29) is 18.7 Å². The summed E-state index contributed by atoms with van der Waals surface area (Å²) in [6.45, 7) is 2.22. The number of aromatic nitrogens is 2. The molecule has 1 aromatic heterocycles. The van der Waals surface area contributed by atoms with Gasteiger partial charge in [0.05, 0.1) is 12.1 Å². The monoisotopic (exact) mass is 335 g/mol.